The van der Waals surface area contributed by atoms with Crippen LogP contribution in [0.15, 0.2) is 30.3 Å². The maximum atomic E-state index is 13.9. The number of carboxylic acids is 1. The Labute approximate surface area is 155 Å². The van der Waals surface area contributed by atoms with Crippen molar-refractivity contribution in [3.8, 4) is 17.2 Å². The number of carboxylic acid groups (broad SMARTS) is 1. The number of nitrogens with one attached hydrogen (secondary N) is 1. The summed E-state index contributed by atoms with van der Waals surface area (Å²) >= 11 is 0. The largest absolute Gasteiger partial charge is 0.496 e. The van der Waals surface area contributed by atoms with Crippen molar-refractivity contribution >= 4 is 11.9 Å². The summed E-state index contributed by atoms with van der Waals surface area (Å²) in [6, 6.07) is 5.17. The van der Waals surface area contributed by atoms with E-state index >= 15 is 0 Å². The van der Waals surface area contributed by atoms with Gasteiger partial charge in [-0.3, -0.25) is 4.79 Å². The second-order valence-electron chi connectivity index (χ2n) is 5.64. The van der Waals surface area contributed by atoms with Gasteiger partial charge in [-0.2, -0.15) is 0 Å². The van der Waals surface area contributed by atoms with Crippen LogP contribution in [-0.4, -0.2) is 38.3 Å². The first-order chi connectivity index (χ1) is 12.8. The fourth-order valence-electron chi connectivity index (χ4n) is 2.58. The molecule has 1 unspecified atom stereocenters. The van der Waals surface area contributed by atoms with E-state index in [0.29, 0.717) is 17.1 Å². The van der Waals surface area contributed by atoms with E-state index in [1.165, 1.54) is 45.6 Å². The van der Waals surface area contributed by atoms with Crippen LogP contribution in [0.25, 0.3) is 0 Å². The van der Waals surface area contributed by atoms with Crippen LogP contribution in [0.5, 0.6) is 17.2 Å². The van der Waals surface area contributed by atoms with Gasteiger partial charge in [0.2, 0.25) is 0 Å². The zero-order chi connectivity index (χ0) is 20.1. The summed E-state index contributed by atoms with van der Waals surface area (Å²) in [4.78, 5) is 24.2. The lowest BCUT2D eigenvalue weighted by atomic mass is 10.0. The minimum absolute atomic E-state index is 0.0257. The lowest BCUT2D eigenvalue weighted by Crippen LogP contribution is -2.33. The van der Waals surface area contributed by atoms with Gasteiger partial charge in [-0.25, -0.2) is 9.18 Å². The number of amides is 1. The van der Waals surface area contributed by atoms with Crippen molar-refractivity contribution in [2.24, 2.45) is 0 Å². The highest BCUT2D eigenvalue weighted by Crippen LogP contribution is 2.30. The molecule has 0 aliphatic carbocycles. The van der Waals surface area contributed by atoms with Crippen molar-refractivity contribution in [3.63, 3.8) is 0 Å². The van der Waals surface area contributed by atoms with Gasteiger partial charge < -0.3 is 24.6 Å². The molecule has 0 heterocycles. The Balaban J connectivity index is 2.36. The molecule has 2 rings (SSSR count). The van der Waals surface area contributed by atoms with Crippen molar-refractivity contribution < 1.29 is 33.3 Å². The first-order valence-electron chi connectivity index (χ1n) is 7.92. The molecule has 0 saturated heterocycles. The first-order valence-corrected chi connectivity index (χ1v) is 7.92. The molecule has 0 aliphatic heterocycles. The summed E-state index contributed by atoms with van der Waals surface area (Å²) in [5.74, 6) is -1.92. The smallest absolute Gasteiger partial charge is 0.330 e. The first kappa shape index (κ1) is 20.0. The summed E-state index contributed by atoms with van der Waals surface area (Å²) in [6.07, 6.45) is 0. The second-order valence-corrected chi connectivity index (χ2v) is 5.64. The minimum Gasteiger partial charge on any atom is -0.496 e. The normalized spacial score (nSPS) is 11.4. The highest BCUT2D eigenvalue weighted by atomic mass is 19.1. The molecule has 0 radical (unpaired) electrons. The quantitative estimate of drug-likeness (QED) is 0.771. The highest BCUT2D eigenvalue weighted by Gasteiger charge is 2.25. The molecule has 0 bridgehead atoms. The van der Waals surface area contributed by atoms with Crippen LogP contribution in [0.2, 0.25) is 0 Å². The van der Waals surface area contributed by atoms with E-state index in [-0.39, 0.29) is 16.9 Å². The molecule has 7 nitrogen and oxygen atoms in total. The molecule has 2 N–H and O–H groups in total. The maximum Gasteiger partial charge on any atom is 0.330 e. The molecule has 27 heavy (non-hydrogen) atoms. The fourth-order valence-corrected chi connectivity index (χ4v) is 2.58. The van der Waals surface area contributed by atoms with E-state index in [1.807, 2.05) is 0 Å². The summed E-state index contributed by atoms with van der Waals surface area (Å²) in [6.45, 7) is 1.76. The van der Waals surface area contributed by atoms with Crippen LogP contribution >= 0.6 is 0 Å². The number of hydrogen-bond donors (Lipinski definition) is 2. The molecule has 144 valence electrons. The number of halogens is 1. The van der Waals surface area contributed by atoms with Gasteiger partial charge in [-0.05, 0) is 36.8 Å². The maximum absolute atomic E-state index is 13.9. The van der Waals surface area contributed by atoms with Gasteiger partial charge >= 0.3 is 5.97 Å². The molecule has 0 saturated carbocycles. The van der Waals surface area contributed by atoms with Crippen LogP contribution in [0.1, 0.15) is 27.5 Å². The lowest BCUT2D eigenvalue weighted by Gasteiger charge is -2.17. The van der Waals surface area contributed by atoms with Crippen LogP contribution in [0, 0.1) is 12.7 Å². The Hall–Kier alpha value is -3.29. The highest BCUT2D eigenvalue weighted by molar-refractivity contribution is 5.97. The van der Waals surface area contributed by atoms with Crippen LogP contribution < -0.4 is 19.5 Å². The average Bonchev–Trinajstić information content (AvgIpc) is 2.65. The molecular weight excluding hydrogens is 357 g/mol. The molecule has 2 aromatic carbocycles. The third kappa shape index (κ3) is 4.28. The van der Waals surface area contributed by atoms with Crippen molar-refractivity contribution in [2.45, 2.75) is 13.0 Å². The second kappa shape index (κ2) is 8.39. The predicted molar refractivity (Wildman–Crippen MR) is 95.1 cm³/mol. The van der Waals surface area contributed by atoms with Crippen molar-refractivity contribution in [1.82, 2.24) is 5.32 Å². The van der Waals surface area contributed by atoms with E-state index in [4.69, 9.17) is 14.2 Å². The Morgan fingerprint density at radius 2 is 1.56 bits per heavy atom. The molecule has 0 fully saturated rings. The van der Waals surface area contributed by atoms with E-state index < -0.39 is 23.7 Å². The van der Waals surface area contributed by atoms with Gasteiger partial charge in [0.15, 0.2) is 17.6 Å². The topological polar surface area (TPSA) is 94.1 Å². The molecule has 0 aromatic heterocycles. The lowest BCUT2D eigenvalue weighted by molar-refractivity contribution is -0.139. The summed E-state index contributed by atoms with van der Waals surface area (Å²) < 4.78 is 29.2. The van der Waals surface area contributed by atoms with Gasteiger partial charge in [0.1, 0.15) is 11.5 Å². The monoisotopic (exact) mass is 377 g/mol. The zero-order valence-electron chi connectivity index (χ0n) is 15.3. The molecule has 0 spiro atoms. The van der Waals surface area contributed by atoms with Crippen molar-refractivity contribution in [1.29, 1.82) is 0 Å². The molecular formula is C19H20FNO6. The SMILES string of the molecule is COc1ccc(C(NC(=O)c2cc(OC)c(C)c(OC)c2)C(=O)O)cc1F. The van der Waals surface area contributed by atoms with E-state index in [1.54, 1.807) is 6.92 Å². The standard InChI is InChI=1S/C19H20FNO6/c1-10-15(26-3)8-12(9-16(10)27-4)18(22)21-17(19(23)24)11-5-6-14(25-2)13(20)7-11/h5-9,17H,1-4H3,(H,21,22)(H,23,24). The molecule has 1 atom stereocenters. The van der Waals surface area contributed by atoms with Crippen LogP contribution in [-0.2, 0) is 4.79 Å². The van der Waals surface area contributed by atoms with Gasteiger partial charge in [-0.1, -0.05) is 6.07 Å². The summed E-state index contributed by atoms with van der Waals surface area (Å²) in [5.41, 5.74) is 0.915. The van der Waals surface area contributed by atoms with Crippen LogP contribution in [0.4, 0.5) is 4.39 Å². The van der Waals surface area contributed by atoms with Gasteiger partial charge in [0, 0.05) is 11.1 Å². The molecule has 0 aliphatic rings. The van der Waals surface area contributed by atoms with Crippen LogP contribution in [0.3, 0.4) is 0 Å². The van der Waals surface area contributed by atoms with E-state index in [0.717, 1.165) is 6.07 Å². The number of benzene rings is 2. The van der Waals surface area contributed by atoms with E-state index in [9.17, 15) is 19.1 Å². The average molecular weight is 377 g/mol. The van der Waals surface area contributed by atoms with Gasteiger partial charge in [0.05, 0.1) is 21.3 Å². The molecule has 8 heteroatoms. The Kier molecular flexibility index (Phi) is 6.23. The third-order valence-corrected chi connectivity index (χ3v) is 4.05. The Morgan fingerprint density at radius 3 is 2.00 bits per heavy atom. The summed E-state index contributed by atoms with van der Waals surface area (Å²) in [5, 5.41) is 11.8. The van der Waals surface area contributed by atoms with E-state index in [2.05, 4.69) is 5.32 Å². The number of aliphatic carboxylic acids is 1. The Morgan fingerprint density at radius 1 is 1.00 bits per heavy atom. The van der Waals surface area contributed by atoms with Gasteiger partial charge in [-0.15, -0.1) is 0 Å². The number of carbonyl (C=O) groups is 2. The van der Waals surface area contributed by atoms with Crippen molar-refractivity contribution in [3.05, 3.63) is 52.8 Å². The number of rotatable bonds is 7. The predicted octanol–water partition coefficient (Wildman–Crippen LogP) is 2.72. The molecule has 1 amide bonds. The minimum atomic E-state index is -1.45. The number of hydrogen-bond acceptors (Lipinski definition) is 5. The number of methoxy groups -OCH3 is 3. The zero-order valence-corrected chi connectivity index (χ0v) is 15.3. The summed E-state index contributed by atoms with van der Waals surface area (Å²) in [7, 11) is 4.19. The van der Waals surface area contributed by atoms with Gasteiger partial charge in [0.25, 0.3) is 5.91 Å². The van der Waals surface area contributed by atoms with Crippen molar-refractivity contribution in [2.75, 3.05) is 21.3 Å². The fraction of sp³-hybridized carbons (Fsp3) is 0.263. The number of carbonyl (C=O) groups excluding carboxylic acids is 1. The number of ether oxygens (including phenoxy) is 3. The third-order valence-electron chi connectivity index (χ3n) is 4.05. The molecule has 2 aromatic rings. The Bertz CT molecular complexity index is 842.